The first-order valence-corrected chi connectivity index (χ1v) is 11.0. The SMILES string of the molecule is O=C(Nc1nc(-c2cccc3ccccc23)cs1)c1ccc(-c2ccc(Br)cc2)o1. The number of benzene rings is 3. The van der Waals surface area contributed by atoms with Crippen LogP contribution < -0.4 is 5.32 Å². The Morgan fingerprint density at radius 2 is 1.73 bits per heavy atom. The number of anilines is 1. The van der Waals surface area contributed by atoms with Gasteiger partial charge in [0, 0.05) is 21.0 Å². The van der Waals surface area contributed by atoms with E-state index in [4.69, 9.17) is 4.42 Å². The Morgan fingerprint density at radius 3 is 2.60 bits per heavy atom. The van der Waals surface area contributed by atoms with Crippen LogP contribution in [0.25, 0.3) is 33.4 Å². The van der Waals surface area contributed by atoms with Crippen molar-refractivity contribution in [3.05, 3.63) is 94.5 Å². The van der Waals surface area contributed by atoms with Gasteiger partial charge in [-0.1, -0.05) is 70.5 Å². The minimum absolute atomic E-state index is 0.245. The zero-order chi connectivity index (χ0) is 20.5. The molecule has 0 spiro atoms. The van der Waals surface area contributed by atoms with E-state index in [-0.39, 0.29) is 11.7 Å². The lowest BCUT2D eigenvalue weighted by molar-refractivity contribution is 0.0997. The number of carbonyl (C=O) groups is 1. The van der Waals surface area contributed by atoms with E-state index >= 15 is 0 Å². The minimum Gasteiger partial charge on any atom is -0.451 e. The summed E-state index contributed by atoms with van der Waals surface area (Å²) in [7, 11) is 0. The summed E-state index contributed by atoms with van der Waals surface area (Å²) in [5.41, 5.74) is 2.78. The molecule has 0 unspecified atom stereocenters. The van der Waals surface area contributed by atoms with Crippen LogP contribution in [0.3, 0.4) is 0 Å². The van der Waals surface area contributed by atoms with Gasteiger partial charge in [-0.15, -0.1) is 11.3 Å². The Bertz CT molecular complexity index is 1350. The van der Waals surface area contributed by atoms with Crippen molar-refractivity contribution >= 4 is 49.1 Å². The van der Waals surface area contributed by atoms with E-state index in [0.717, 1.165) is 32.1 Å². The molecule has 0 atom stereocenters. The fourth-order valence-corrected chi connectivity index (χ4v) is 4.26. The maximum atomic E-state index is 12.6. The highest BCUT2D eigenvalue weighted by Gasteiger charge is 2.15. The maximum absolute atomic E-state index is 12.6. The van der Waals surface area contributed by atoms with Gasteiger partial charge in [0.1, 0.15) is 5.76 Å². The molecule has 0 aliphatic rings. The summed E-state index contributed by atoms with van der Waals surface area (Å²) in [5.74, 6) is 0.565. The molecular formula is C24H15BrN2O2S. The summed E-state index contributed by atoms with van der Waals surface area (Å²) in [6.07, 6.45) is 0. The van der Waals surface area contributed by atoms with E-state index in [1.54, 1.807) is 12.1 Å². The molecule has 0 radical (unpaired) electrons. The zero-order valence-electron chi connectivity index (χ0n) is 15.6. The number of nitrogens with zero attached hydrogens (tertiary/aromatic N) is 1. The van der Waals surface area contributed by atoms with Gasteiger partial charge in [0.15, 0.2) is 10.9 Å². The fourth-order valence-electron chi connectivity index (χ4n) is 3.29. The fraction of sp³-hybridized carbons (Fsp3) is 0. The number of nitrogens with one attached hydrogen (secondary N) is 1. The van der Waals surface area contributed by atoms with Crippen LogP contribution in [-0.2, 0) is 0 Å². The van der Waals surface area contributed by atoms with Crippen LogP contribution in [0.4, 0.5) is 5.13 Å². The number of hydrogen-bond acceptors (Lipinski definition) is 4. The molecule has 146 valence electrons. The summed E-state index contributed by atoms with van der Waals surface area (Å²) in [6, 6.07) is 25.5. The Hall–Kier alpha value is -3.22. The molecule has 0 saturated heterocycles. The minimum atomic E-state index is -0.322. The van der Waals surface area contributed by atoms with Crippen molar-refractivity contribution in [2.45, 2.75) is 0 Å². The molecule has 0 aliphatic heterocycles. The molecule has 2 aromatic heterocycles. The Labute approximate surface area is 185 Å². The molecule has 1 amide bonds. The zero-order valence-corrected chi connectivity index (χ0v) is 18.0. The van der Waals surface area contributed by atoms with Crippen molar-refractivity contribution in [1.82, 2.24) is 4.98 Å². The average molecular weight is 475 g/mol. The smallest absolute Gasteiger partial charge is 0.293 e. The molecule has 0 fully saturated rings. The molecule has 4 nitrogen and oxygen atoms in total. The number of amides is 1. The molecule has 1 N–H and O–H groups in total. The van der Waals surface area contributed by atoms with Crippen LogP contribution in [-0.4, -0.2) is 10.9 Å². The highest BCUT2D eigenvalue weighted by molar-refractivity contribution is 9.10. The van der Waals surface area contributed by atoms with Gasteiger partial charge < -0.3 is 4.42 Å². The lowest BCUT2D eigenvalue weighted by Gasteiger charge is -2.03. The van der Waals surface area contributed by atoms with Crippen molar-refractivity contribution in [1.29, 1.82) is 0 Å². The average Bonchev–Trinajstić information content (AvgIpc) is 3.44. The normalized spacial score (nSPS) is 11.0. The summed E-state index contributed by atoms with van der Waals surface area (Å²) in [5, 5.41) is 7.61. The van der Waals surface area contributed by atoms with Crippen LogP contribution >= 0.6 is 27.3 Å². The third-order valence-corrected chi connectivity index (χ3v) is 6.04. The number of thiazole rings is 1. The largest absolute Gasteiger partial charge is 0.451 e. The molecule has 2 heterocycles. The van der Waals surface area contributed by atoms with E-state index in [1.165, 1.54) is 11.3 Å². The summed E-state index contributed by atoms with van der Waals surface area (Å²) >= 11 is 4.81. The third kappa shape index (κ3) is 3.67. The predicted molar refractivity (Wildman–Crippen MR) is 125 cm³/mol. The summed E-state index contributed by atoms with van der Waals surface area (Å²) in [4.78, 5) is 17.2. The molecule has 0 aliphatic carbocycles. The number of furan rings is 1. The third-order valence-electron chi connectivity index (χ3n) is 4.75. The van der Waals surface area contributed by atoms with Gasteiger partial charge in [0.25, 0.3) is 5.91 Å². The highest BCUT2D eigenvalue weighted by Crippen LogP contribution is 2.31. The van der Waals surface area contributed by atoms with E-state index in [2.05, 4.69) is 44.4 Å². The monoisotopic (exact) mass is 474 g/mol. The Kier molecular flexibility index (Phi) is 4.94. The van der Waals surface area contributed by atoms with Gasteiger partial charge in [-0.2, -0.15) is 0 Å². The number of halogens is 1. The van der Waals surface area contributed by atoms with Crippen molar-refractivity contribution in [3.63, 3.8) is 0 Å². The van der Waals surface area contributed by atoms with Crippen LogP contribution in [0.1, 0.15) is 10.6 Å². The molecule has 0 bridgehead atoms. The van der Waals surface area contributed by atoms with Crippen LogP contribution in [0.2, 0.25) is 0 Å². The first-order valence-electron chi connectivity index (χ1n) is 9.28. The first kappa shape index (κ1) is 18.8. The molecular weight excluding hydrogens is 460 g/mol. The van der Waals surface area contributed by atoms with E-state index in [0.29, 0.717) is 10.9 Å². The Balaban J connectivity index is 1.36. The van der Waals surface area contributed by atoms with Crippen molar-refractivity contribution in [3.8, 4) is 22.6 Å². The second-order valence-electron chi connectivity index (χ2n) is 6.69. The van der Waals surface area contributed by atoms with Crippen LogP contribution in [0.15, 0.2) is 93.1 Å². The van der Waals surface area contributed by atoms with Crippen molar-refractivity contribution in [2.75, 3.05) is 5.32 Å². The van der Waals surface area contributed by atoms with Gasteiger partial charge in [0.2, 0.25) is 0 Å². The van der Waals surface area contributed by atoms with Crippen molar-refractivity contribution < 1.29 is 9.21 Å². The molecule has 30 heavy (non-hydrogen) atoms. The van der Waals surface area contributed by atoms with Gasteiger partial charge in [-0.05, 0) is 35.0 Å². The molecule has 5 aromatic rings. The number of hydrogen-bond donors (Lipinski definition) is 1. The van der Waals surface area contributed by atoms with E-state index in [9.17, 15) is 4.79 Å². The van der Waals surface area contributed by atoms with Gasteiger partial charge in [0.05, 0.1) is 5.69 Å². The first-order chi connectivity index (χ1) is 14.7. The Morgan fingerprint density at radius 1 is 0.933 bits per heavy atom. The van der Waals surface area contributed by atoms with Crippen LogP contribution in [0, 0.1) is 0 Å². The van der Waals surface area contributed by atoms with Crippen LogP contribution in [0.5, 0.6) is 0 Å². The van der Waals surface area contributed by atoms with Gasteiger partial charge >= 0.3 is 0 Å². The maximum Gasteiger partial charge on any atom is 0.293 e. The van der Waals surface area contributed by atoms with Gasteiger partial charge in [-0.3, -0.25) is 10.1 Å². The standard InChI is InChI=1S/C24H15BrN2O2S/c25-17-10-8-16(9-11-17)21-12-13-22(29-21)23(28)27-24-26-20(14-30-24)19-7-3-5-15-4-1-2-6-18(15)19/h1-14H,(H,26,27,28). The van der Waals surface area contributed by atoms with E-state index in [1.807, 2.05) is 53.9 Å². The second-order valence-corrected chi connectivity index (χ2v) is 8.46. The van der Waals surface area contributed by atoms with Gasteiger partial charge in [-0.25, -0.2) is 4.98 Å². The summed E-state index contributed by atoms with van der Waals surface area (Å²) in [6.45, 7) is 0. The number of aromatic nitrogens is 1. The topological polar surface area (TPSA) is 55.1 Å². The molecule has 3 aromatic carbocycles. The van der Waals surface area contributed by atoms with Crippen molar-refractivity contribution in [2.24, 2.45) is 0 Å². The van der Waals surface area contributed by atoms with E-state index < -0.39 is 0 Å². The summed E-state index contributed by atoms with van der Waals surface area (Å²) < 4.78 is 6.73. The quantitative estimate of drug-likeness (QED) is 0.298. The highest BCUT2D eigenvalue weighted by atomic mass is 79.9. The lowest BCUT2D eigenvalue weighted by atomic mass is 10.0. The molecule has 5 rings (SSSR count). The lowest BCUT2D eigenvalue weighted by Crippen LogP contribution is -2.10. The second kappa shape index (κ2) is 7.89. The molecule has 0 saturated carbocycles. The number of rotatable bonds is 4. The number of carbonyl (C=O) groups excluding carboxylic acids is 1. The predicted octanol–water partition coefficient (Wildman–Crippen LogP) is 7.24. The molecule has 6 heteroatoms. The number of fused-ring (bicyclic) bond motifs is 1.